The highest BCUT2D eigenvalue weighted by molar-refractivity contribution is 5.80. The van der Waals surface area contributed by atoms with Gasteiger partial charge in [0.25, 0.3) is 0 Å². The van der Waals surface area contributed by atoms with Crippen molar-refractivity contribution in [1.29, 1.82) is 0 Å². The van der Waals surface area contributed by atoms with Crippen LogP contribution in [0.5, 0.6) is 0 Å². The number of hydrogen-bond acceptors (Lipinski definition) is 3. The van der Waals surface area contributed by atoms with E-state index in [9.17, 15) is 9.59 Å². The molecular weight excluding hydrogens is 276 g/mol. The number of carbonyl (C=O) groups excluding carboxylic acids is 2. The maximum absolute atomic E-state index is 11.9. The van der Waals surface area contributed by atoms with E-state index in [1.807, 2.05) is 26.0 Å². The van der Waals surface area contributed by atoms with E-state index in [0.29, 0.717) is 23.9 Å². The molecule has 1 aliphatic rings. The van der Waals surface area contributed by atoms with Crippen LogP contribution in [0.2, 0.25) is 0 Å². The van der Waals surface area contributed by atoms with Crippen LogP contribution < -0.4 is 0 Å². The lowest BCUT2D eigenvalue weighted by Gasteiger charge is -2.36. The molecule has 3 nitrogen and oxygen atoms in total. The van der Waals surface area contributed by atoms with Crippen LogP contribution in [0, 0.1) is 23.2 Å². The summed E-state index contributed by atoms with van der Waals surface area (Å²) in [6.07, 6.45) is 8.54. The fraction of sp³-hybridized carbons (Fsp3) is 0.789. The van der Waals surface area contributed by atoms with Crippen LogP contribution in [-0.2, 0) is 14.3 Å². The first kappa shape index (κ1) is 18.9. The van der Waals surface area contributed by atoms with Crippen molar-refractivity contribution in [1.82, 2.24) is 0 Å². The molecule has 126 valence electrons. The van der Waals surface area contributed by atoms with Crippen molar-refractivity contribution in [2.75, 3.05) is 6.61 Å². The predicted molar refractivity (Wildman–Crippen MR) is 89.5 cm³/mol. The highest BCUT2D eigenvalue weighted by Gasteiger charge is 2.32. The predicted octanol–water partition coefficient (Wildman–Crippen LogP) is 4.55. The van der Waals surface area contributed by atoms with Gasteiger partial charge in [-0.25, -0.2) is 0 Å². The van der Waals surface area contributed by atoms with Gasteiger partial charge in [-0.1, -0.05) is 39.8 Å². The SMILES string of the molecule is CC(=O)[C@@H](/C=C/CC(=O)OCC(C)C)C1CCC(C)(C)CC1. The van der Waals surface area contributed by atoms with Crippen LogP contribution in [0.4, 0.5) is 0 Å². The van der Waals surface area contributed by atoms with Gasteiger partial charge in [0.15, 0.2) is 0 Å². The van der Waals surface area contributed by atoms with Gasteiger partial charge < -0.3 is 4.74 Å². The summed E-state index contributed by atoms with van der Waals surface area (Å²) in [5, 5.41) is 0. The monoisotopic (exact) mass is 308 g/mol. The van der Waals surface area contributed by atoms with Crippen molar-refractivity contribution >= 4 is 11.8 Å². The van der Waals surface area contributed by atoms with E-state index in [0.717, 1.165) is 12.8 Å². The van der Waals surface area contributed by atoms with Gasteiger partial charge in [-0.15, -0.1) is 0 Å². The van der Waals surface area contributed by atoms with Gasteiger partial charge in [0.1, 0.15) is 5.78 Å². The molecule has 0 saturated heterocycles. The Balaban J connectivity index is 2.49. The molecule has 0 amide bonds. The first-order chi connectivity index (χ1) is 10.2. The third-order valence-corrected chi connectivity index (χ3v) is 4.57. The maximum atomic E-state index is 11.9. The van der Waals surface area contributed by atoms with Crippen molar-refractivity contribution in [2.24, 2.45) is 23.2 Å². The van der Waals surface area contributed by atoms with Crippen molar-refractivity contribution < 1.29 is 14.3 Å². The molecule has 1 fully saturated rings. The van der Waals surface area contributed by atoms with Gasteiger partial charge in [0, 0.05) is 5.92 Å². The zero-order valence-electron chi connectivity index (χ0n) is 14.9. The fourth-order valence-corrected chi connectivity index (χ4v) is 3.03. The fourth-order valence-electron chi connectivity index (χ4n) is 3.03. The van der Waals surface area contributed by atoms with Gasteiger partial charge in [-0.05, 0) is 49.9 Å². The molecule has 1 saturated carbocycles. The smallest absolute Gasteiger partial charge is 0.309 e. The van der Waals surface area contributed by atoms with Gasteiger partial charge >= 0.3 is 5.97 Å². The van der Waals surface area contributed by atoms with E-state index in [1.54, 1.807) is 6.92 Å². The van der Waals surface area contributed by atoms with Crippen LogP contribution >= 0.6 is 0 Å². The Bertz CT molecular complexity index is 397. The van der Waals surface area contributed by atoms with Crippen molar-refractivity contribution in [3.05, 3.63) is 12.2 Å². The Morgan fingerprint density at radius 2 is 1.82 bits per heavy atom. The lowest BCUT2D eigenvalue weighted by molar-refractivity contribution is -0.143. The molecule has 1 atom stereocenters. The number of hydrogen-bond donors (Lipinski definition) is 0. The van der Waals surface area contributed by atoms with Crippen LogP contribution in [0.25, 0.3) is 0 Å². The van der Waals surface area contributed by atoms with Crippen LogP contribution in [0.1, 0.15) is 66.7 Å². The molecule has 0 unspecified atom stereocenters. The molecule has 0 aliphatic heterocycles. The lowest BCUT2D eigenvalue weighted by Crippen LogP contribution is -2.28. The second-order valence-electron chi connectivity index (χ2n) is 7.85. The Morgan fingerprint density at radius 1 is 1.23 bits per heavy atom. The van der Waals surface area contributed by atoms with E-state index in [1.165, 1.54) is 12.8 Å². The highest BCUT2D eigenvalue weighted by atomic mass is 16.5. The topological polar surface area (TPSA) is 43.4 Å². The second-order valence-corrected chi connectivity index (χ2v) is 7.85. The largest absolute Gasteiger partial charge is 0.465 e. The van der Waals surface area contributed by atoms with E-state index in [2.05, 4.69) is 13.8 Å². The van der Waals surface area contributed by atoms with Crippen molar-refractivity contribution in [3.63, 3.8) is 0 Å². The van der Waals surface area contributed by atoms with E-state index >= 15 is 0 Å². The van der Waals surface area contributed by atoms with Crippen LogP contribution in [0.3, 0.4) is 0 Å². The number of carbonyl (C=O) groups is 2. The summed E-state index contributed by atoms with van der Waals surface area (Å²) in [7, 11) is 0. The molecular formula is C19H32O3. The number of esters is 1. The quantitative estimate of drug-likeness (QED) is 0.512. The standard InChI is InChI=1S/C19H32O3/c1-14(2)13-22-18(21)8-6-7-17(15(3)20)16-9-11-19(4,5)12-10-16/h6-7,14,16-17H,8-13H2,1-5H3/b7-6+/t17-/m1/s1. The molecule has 0 N–H and O–H groups in total. The maximum Gasteiger partial charge on any atom is 0.309 e. The minimum Gasteiger partial charge on any atom is -0.465 e. The second kappa shape index (κ2) is 8.50. The average molecular weight is 308 g/mol. The molecule has 22 heavy (non-hydrogen) atoms. The normalized spacial score (nSPS) is 20.3. The van der Waals surface area contributed by atoms with E-state index in [4.69, 9.17) is 4.74 Å². The summed E-state index contributed by atoms with van der Waals surface area (Å²) >= 11 is 0. The molecule has 0 bridgehead atoms. The van der Waals surface area contributed by atoms with Crippen LogP contribution in [-0.4, -0.2) is 18.4 Å². The van der Waals surface area contributed by atoms with E-state index < -0.39 is 0 Å². The number of rotatable bonds is 7. The summed E-state index contributed by atoms with van der Waals surface area (Å²) in [6.45, 7) is 10.7. The number of allylic oxidation sites excluding steroid dienone is 1. The van der Waals surface area contributed by atoms with Gasteiger partial charge in [0.2, 0.25) is 0 Å². The van der Waals surface area contributed by atoms with Gasteiger partial charge in [-0.2, -0.15) is 0 Å². The molecule has 0 aromatic heterocycles. The number of Topliss-reactive ketones (excluding diaryl/α,β-unsaturated/α-hetero) is 1. The minimum atomic E-state index is -0.211. The molecule has 0 spiro atoms. The molecule has 3 heteroatoms. The molecule has 1 aliphatic carbocycles. The number of ether oxygens (including phenoxy) is 1. The number of ketones is 1. The minimum absolute atomic E-state index is 0.0472. The van der Waals surface area contributed by atoms with Crippen molar-refractivity contribution in [2.45, 2.75) is 66.7 Å². The Kier molecular flexibility index (Phi) is 7.31. The average Bonchev–Trinajstić information content (AvgIpc) is 2.41. The third kappa shape index (κ3) is 6.76. The summed E-state index contributed by atoms with van der Waals surface area (Å²) in [4.78, 5) is 23.5. The first-order valence-corrected chi connectivity index (χ1v) is 8.54. The first-order valence-electron chi connectivity index (χ1n) is 8.54. The zero-order chi connectivity index (χ0) is 16.8. The molecule has 1 rings (SSSR count). The van der Waals surface area contributed by atoms with Gasteiger partial charge in [0.05, 0.1) is 13.0 Å². The van der Waals surface area contributed by atoms with E-state index in [-0.39, 0.29) is 24.1 Å². The molecule has 0 heterocycles. The van der Waals surface area contributed by atoms with Gasteiger partial charge in [-0.3, -0.25) is 9.59 Å². The van der Waals surface area contributed by atoms with Crippen LogP contribution in [0.15, 0.2) is 12.2 Å². The van der Waals surface area contributed by atoms with Crippen molar-refractivity contribution in [3.8, 4) is 0 Å². The summed E-state index contributed by atoms with van der Waals surface area (Å²) in [6, 6.07) is 0. The summed E-state index contributed by atoms with van der Waals surface area (Å²) in [5.74, 6) is 0.722. The summed E-state index contributed by atoms with van der Waals surface area (Å²) < 4.78 is 5.14. The zero-order valence-corrected chi connectivity index (χ0v) is 14.9. The lowest BCUT2D eigenvalue weighted by atomic mass is 9.69. The Morgan fingerprint density at radius 3 is 2.32 bits per heavy atom. The molecule has 0 aromatic carbocycles. The molecule has 0 aromatic rings. The highest BCUT2D eigenvalue weighted by Crippen LogP contribution is 2.41. The molecule has 0 radical (unpaired) electrons. The summed E-state index contributed by atoms with van der Waals surface area (Å²) in [5.41, 5.74) is 0.405. The Hall–Kier alpha value is -1.12. The Labute approximate surface area is 135 Å². The third-order valence-electron chi connectivity index (χ3n) is 4.57.